The van der Waals surface area contributed by atoms with Gasteiger partial charge < -0.3 is 0 Å². The van der Waals surface area contributed by atoms with Crippen LogP contribution in [0.2, 0.25) is 0 Å². The van der Waals surface area contributed by atoms with Crippen molar-refractivity contribution < 1.29 is 19.2 Å². The summed E-state index contributed by atoms with van der Waals surface area (Å²) in [6.07, 6.45) is 2.01. The van der Waals surface area contributed by atoms with E-state index in [1.165, 1.54) is 0 Å². The lowest BCUT2D eigenvalue weighted by atomic mass is 9.89. The zero-order valence-corrected chi connectivity index (χ0v) is 13.6. The van der Waals surface area contributed by atoms with Crippen LogP contribution in [0.1, 0.15) is 41.4 Å². The van der Waals surface area contributed by atoms with Crippen LogP contribution < -0.4 is 0 Å². The first-order valence-corrected chi connectivity index (χ1v) is 7.98. The summed E-state index contributed by atoms with van der Waals surface area (Å²) in [6.45, 7) is 0. The highest BCUT2D eigenvalue weighted by Crippen LogP contribution is 2.33. The van der Waals surface area contributed by atoms with E-state index in [1.54, 1.807) is 12.1 Å². The van der Waals surface area contributed by atoms with E-state index in [0.29, 0.717) is 35.9 Å². The van der Waals surface area contributed by atoms with E-state index in [4.69, 9.17) is 0 Å². The Hall–Kier alpha value is -3.66. The topological polar surface area (TPSA) is 68.3 Å². The van der Waals surface area contributed by atoms with Crippen molar-refractivity contribution in [1.29, 1.82) is 0 Å². The second-order valence-electron chi connectivity index (χ2n) is 6.07. The highest BCUT2D eigenvalue weighted by Gasteiger charge is 2.19. The number of carbonyl (C=O) groups excluding carboxylic acids is 4. The molecule has 0 bridgehead atoms. The highest BCUT2D eigenvalue weighted by molar-refractivity contribution is 6.19. The second-order valence-corrected chi connectivity index (χ2v) is 6.07. The van der Waals surface area contributed by atoms with Gasteiger partial charge in [-0.2, -0.15) is 0 Å². The van der Waals surface area contributed by atoms with Gasteiger partial charge in [0.25, 0.3) is 0 Å². The smallest absolute Gasteiger partial charge is 0.151 e. The Bertz CT molecular complexity index is 1150. The van der Waals surface area contributed by atoms with Gasteiger partial charge in [-0.05, 0) is 56.6 Å². The van der Waals surface area contributed by atoms with Crippen molar-refractivity contribution >= 4 is 57.5 Å². The third-order valence-corrected chi connectivity index (χ3v) is 4.76. The Morgan fingerprint density at radius 1 is 0.462 bits per heavy atom. The fourth-order valence-electron chi connectivity index (χ4n) is 3.53. The number of benzene rings is 4. The summed E-state index contributed by atoms with van der Waals surface area (Å²) in [5, 5.41) is 4.82. The number of hydrogen-bond acceptors (Lipinski definition) is 4. The number of rotatable bonds is 4. The summed E-state index contributed by atoms with van der Waals surface area (Å²) in [7, 11) is 0. The Morgan fingerprint density at radius 2 is 0.846 bits per heavy atom. The van der Waals surface area contributed by atoms with Crippen molar-refractivity contribution in [2.45, 2.75) is 0 Å². The van der Waals surface area contributed by atoms with E-state index in [-0.39, 0.29) is 22.3 Å². The molecule has 4 nitrogen and oxygen atoms in total. The van der Waals surface area contributed by atoms with Crippen LogP contribution in [0.15, 0.2) is 48.5 Å². The molecule has 0 saturated heterocycles. The van der Waals surface area contributed by atoms with Gasteiger partial charge in [0.2, 0.25) is 0 Å². The third-order valence-electron chi connectivity index (χ3n) is 4.76. The molecule has 0 spiro atoms. The molecule has 4 rings (SSSR count). The van der Waals surface area contributed by atoms with Crippen molar-refractivity contribution in [1.82, 2.24) is 0 Å². The lowest BCUT2D eigenvalue weighted by molar-refractivity contribution is 0.107. The number of carbonyl (C=O) groups is 4. The maximum atomic E-state index is 11.7. The number of fused-ring (bicyclic) bond motifs is 3. The summed E-state index contributed by atoms with van der Waals surface area (Å²) in [5.41, 5.74) is 0.144. The van der Waals surface area contributed by atoms with Crippen LogP contribution in [0.25, 0.3) is 32.3 Å². The monoisotopic (exact) mass is 340 g/mol. The van der Waals surface area contributed by atoms with Crippen LogP contribution in [0.3, 0.4) is 0 Å². The van der Waals surface area contributed by atoms with Gasteiger partial charge >= 0.3 is 0 Å². The van der Waals surface area contributed by atoms with Gasteiger partial charge in [-0.3, -0.25) is 19.2 Å². The van der Waals surface area contributed by atoms with Gasteiger partial charge in [0.15, 0.2) is 25.1 Å². The molecule has 0 saturated carbocycles. The average Bonchev–Trinajstić information content (AvgIpc) is 2.68. The quantitative estimate of drug-likeness (QED) is 0.408. The van der Waals surface area contributed by atoms with Crippen LogP contribution in [0.4, 0.5) is 0 Å². The van der Waals surface area contributed by atoms with Crippen molar-refractivity contribution in [3.63, 3.8) is 0 Å². The van der Waals surface area contributed by atoms with Gasteiger partial charge in [-0.15, -0.1) is 0 Å². The van der Waals surface area contributed by atoms with Gasteiger partial charge in [0.05, 0.1) is 0 Å². The van der Waals surface area contributed by atoms with Crippen LogP contribution in [0, 0.1) is 0 Å². The van der Waals surface area contributed by atoms with E-state index in [0.717, 1.165) is 21.5 Å². The van der Waals surface area contributed by atoms with Crippen LogP contribution in [-0.2, 0) is 0 Å². The van der Waals surface area contributed by atoms with Gasteiger partial charge in [-0.25, -0.2) is 0 Å². The molecule has 0 unspecified atom stereocenters. The first-order chi connectivity index (χ1) is 12.7. The predicted molar refractivity (Wildman–Crippen MR) is 101 cm³/mol. The first kappa shape index (κ1) is 15.8. The SMILES string of the molecule is O=Cc1c(C=O)c(C=O)c2cc3cc4ccccc4cc3cc2c1C=O. The molecule has 4 aromatic rings. The summed E-state index contributed by atoms with van der Waals surface area (Å²) < 4.78 is 0. The van der Waals surface area contributed by atoms with Crippen molar-refractivity contribution in [2.75, 3.05) is 0 Å². The molecule has 0 atom stereocenters. The van der Waals surface area contributed by atoms with Gasteiger partial charge in [0, 0.05) is 22.3 Å². The molecule has 0 aliphatic rings. The standard InChI is InChI=1S/C22H12O4/c23-9-19-17-7-15-5-13-3-1-2-4-14(13)6-16(15)8-18(17)20(10-24)22(12-26)21(19)11-25/h1-12H. The lowest BCUT2D eigenvalue weighted by Crippen LogP contribution is -2.05. The maximum Gasteiger partial charge on any atom is 0.151 e. The van der Waals surface area contributed by atoms with E-state index in [1.807, 2.05) is 36.4 Å². The maximum absolute atomic E-state index is 11.7. The Morgan fingerprint density at radius 3 is 1.19 bits per heavy atom. The third kappa shape index (κ3) is 2.16. The molecular weight excluding hydrogens is 328 g/mol. The lowest BCUT2D eigenvalue weighted by Gasteiger charge is -2.13. The zero-order chi connectivity index (χ0) is 18.3. The molecule has 0 heterocycles. The molecule has 0 amide bonds. The molecule has 0 aliphatic heterocycles. The molecule has 0 radical (unpaired) electrons. The van der Waals surface area contributed by atoms with Crippen molar-refractivity contribution in [3.05, 3.63) is 70.8 Å². The predicted octanol–water partition coefficient (Wildman–Crippen LogP) is 4.40. The summed E-state index contributed by atoms with van der Waals surface area (Å²) in [6, 6.07) is 15.4. The summed E-state index contributed by atoms with van der Waals surface area (Å²) in [5.74, 6) is 0. The van der Waals surface area contributed by atoms with Crippen molar-refractivity contribution in [3.8, 4) is 0 Å². The van der Waals surface area contributed by atoms with Gasteiger partial charge in [-0.1, -0.05) is 24.3 Å². The normalized spacial score (nSPS) is 10.9. The molecule has 0 N–H and O–H groups in total. The van der Waals surface area contributed by atoms with Crippen LogP contribution in [-0.4, -0.2) is 25.1 Å². The van der Waals surface area contributed by atoms with Crippen LogP contribution in [0.5, 0.6) is 0 Å². The molecule has 4 heteroatoms. The molecule has 0 fully saturated rings. The minimum atomic E-state index is -0.0512. The molecule has 0 aromatic heterocycles. The highest BCUT2D eigenvalue weighted by atomic mass is 16.1. The second kappa shape index (κ2) is 6.01. The van der Waals surface area contributed by atoms with E-state index in [2.05, 4.69) is 0 Å². The molecule has 124 valence electrons. The minimum absolute atomic E-state index is 0.0512. The largest absolute Gasteiger partial charge is 0.298 e. The van der Waals surface area contributed by atoms with Crippen molar-refractivity contribution in [2.24, 2.45) is 0 Å². The number of aldehydes is 4. The van der Waals surface area contributed by atoms with Crippen LogP contribution >= 0.6 is 0 Å². The minimum Gasteiger partial charge on any atom is -0.298 e. The summed E-state index contributed by atoms with van der Waals surface area (Å²) in [4.78, 5) is 46.3. The molecule has 26 heavy (non-hydrogen) atoms. The average molecular weight is 340 g/mol. The molecule has 4 aromatic carbocycles. The number of hydrogen-bond donors (Lipinski definition) is 0. The fraction of sp³-hybridized carbons (Fsp3) is 0. The summed E-state index contributed by atoms with van der Waals surface area (Å²) >= 11 is 0. The molecular formula is C22H12O4. The fourth-order valence-corrected chi connectivity index (χ4v) is 3.53. The molecule has 0 aliphatic carbocycles. The first-order valence-electron chi connectivity index (χ1n) is 7.98. The Kier molecular flexibility index (Phi) is 3.66. The van der Waals surface area contributed by atoms with E-state index < -0.39 is 0 Å². The van der Waals surface area contributed by atoms with Gasteiger partial charge in [0.1, 0.15) is 0 Å². The Balaban J connectivity index is 2.26. The zero-order valence-electron chi connectivity index (χ0n) is 13.6. The Labute approximate surface area is 148 Å². The van der Waals surface area contributed by atoms with E-state index >= 15 is 0 Å². The van der Waals surface area contributed by atoms with E-state index in [9.17, 15) is 19.2 Å².